The molecular weight excluding hydrogens is 424 g/mol. The Labute approximate surface area is 170 Å². The number of nitro groups is 1. The number of hydrogen-bond donors (Lipinski definition) is 0. The van der Waals surface area contributed by atoms with Crippen LogP contribution in [-0.4, -0.2) is 48.8 Å². The Morgan fingerprint density at radius 1 is 1.11 bits per heavy atom. The Morgan fingerprint density at radius 2 is 1.82 bits per heavy atom. The summed E-state index contributed by atoms with van der Waals surface area (Å²) in [5.41, 5.74) is 0.718. The van der Waals surface area contributed by atoms with Crippen molar-refractivity contribution in [3.05, 3.63) is 57.6 Å². The molecule has 1 aliphatic rings. The van der Waals surface area contributed by atoms with Gasteiger partial charge < -0.3 is 4.90 Å². The minimum Gasteiger partial charge on any atom is -0.345 e. The Balaban J connectivity index is 1.52. The second-order valence-electron chi connectivity index (χ2n) is 6.23. The Bertz CT molecular complexity index is 1160. The van der Waals surface area contributed by atoms with Gasteiger partial charge in [-0.25, -0.2) is 13.4 Å². The first-order valence-corrected chi connectivity index (χ1v) is 11.0. The lowest BCUT2D eigenvalue weighted by atomic mass is 10.3. The number of nitrogens with zero attached hydrogens (tertiary/aromatic N) is 4. The molecule has 2 heterocycles. The molecule has 0 spiro atoms. The topological polar surface area (TPSA) is 96.7 Å². The van der Waals surface area contributed by atoms with Crippen molar-refractivity contribution in [2.75, 3.05) is 31.1 Å². The van der Waals surface area contributed by atoms with Crippen LogP contribution in [0.1, 0.15) is 0 Å². The van der Waals surface area contributed by atoms with Gasteiger partial charge in [-0.1, -0.05) is 35.1 Å². The zero-order valence-corrected chi connectivity index (χ0v) is 16.9. The molecule has 28 heavy (non-hydrogen) atoms. The van der Waals surface area contributed by atoms with Crippen molar-refractivity contribution in [2.45, 2.75) is 4.90 Å². The van der Waals surface area contributed by atoms with Crippen molar-refractivity contribution in [2.24, 2.45) is 0 Å². The van der Waals surface area contributed by atoms with Crippen LogP contribution in [-0.2, 0) is 10.0 Å². The first-order valence-electron chi connectivity index (χ1n) is 8.41. The molecule has 8 nitrogen and oxygen atoms in total. The lowest BCUT2D eigenvalue weighted by molar-refractivity contribution is -0.384. The largest absolute Gasteiger partial charge is 0.345 e. The number of thiazole rings is 1. The normalized spacial score (nSPS) is 15.8. The van der Waals surface area contributed by atoms with E-state index in [1.807, 2.05) is 4.90 Å². The summed E-state index contributed by atoms with van der Waals surface area (Å²) in [7, 11) is -3.66. The molecule has 0 radical (unpaired) electrons. The van der Waals surface area contributed by atoms with Gasteiger partial charge >= 0.3 is 0 Å². The second-order valence-corrected chi connectivity index (χ2v) is 9.55. The number of non-ortho nitro benzene ring substituents is 1. The summed E-state index contributed by atoms with van der Waals surface area (Å²) in [6.07, 6.45) is 0. The Hall–Kier alpha value is -2.27. The molecule has 0 aliphatic carbocycles. The van der Waals surface area contributed by atoms with E-state index in [0.29, 0.717) is 31.7 Å². The van der Waals surface area contributed by atoms with E-state index >= 15 is 0 Å². The number of nitro benzene ring substituents is 1. The summed E-state index contributed by atoms with van der Waals surface area (Å²) in [6.45, 7) is 1.57. The number of piperazine rings is 1. The number of sulfonamides is 1. The lowest BCUT2D eigenvalue weighted by Gasteiger charge is -2.33. The first kappa shape index (κ1) is 19.1. The van der Waals surface area contributed by atoms with E-state index in [1.165, 1.54) is 33.8 Å². The van der Waals surface area contributed by atoms with Gasteiger partial charge in [0, 0.05) is 38.3 Å². The van der Waals surface area contributed by atoms with E-state index in [1.54, 1.807) is 24.3 Å². The number of halogens is 1. The highest BCUT2D eigenvalue weighted by Crippen LogP contribution is 2.32. The maximum absolute atomic E-state index is 12.8. The highest BCUT2D eigenvalue weighted by molar-refractivity contribution is 7.89. The molecule has 11 heteroatoms. The molecule has 4 rings (SSSR count). The van der Waals surface area contributed by atoms with E-state index in [0.717, 1.165) is 9.83 Å². The average molecular weight is 439 g/mol. The molecular formula is C17H15ClN4O4S2. The van der Waals surface area contributed by atoms with Crippen LogP contribution in [0.5, 0.6) is 0 Å². The Morgan fingerprint density at radius 3 is 2.50 bits per heavy atom. The molecule has 0 amide bonds. The molecule has 1 aliphatic heterocycles. The van der Waals surface area contributed by atoms with E-state index in [2.05, 4.69) is 4.98 Å². The molecule has 0 N–H and O–H groups in total. The van der Waals surface area contributed by atoms with Crippen LogP contribution < -0.4 is 4.90 Å². The fraction of sp³-hybridized carbons (Fsp3) is 0.235. The van der Waals surface area contributed by atoms with Crippen molar-refractivity contribution in [3.8, 4) is 0 Å². The number of anilines is 1. The summed E-state index contributed by atoms with van der Waals surface area (Å²) in [4.78, 5) is 17.1. The third-order valence-electron chi connectivity index (χ3n) is 4.54. The molecule has 0 atom stereocenters. The number of rotatable bonds is 4. The number of fused-ring (bicyclic) bond motifs is 1. The monoisotopic (exact) mass is 438 g/mol. The Kier molecular flexibility index (Phi) is 4.96. The zero-order chi connectivity index (χ0) is 19.9. The zero-order valence-electron chi connectivity index (χ0n) is 14.5. The van der Waals surface area contributed by atoms with Crippen molar-refractivity contribution < 1.29 is 13.3 Å². The van der Waals surface area contributed by atoms with Crippen LogP contribution in [0.4, 0.5) is 10.8 Å². The molecule has 0 saturated carbocycles. The number of hydrogen-bond acceptors (Lipinski definition) is 7. The third-order valence-corrected chi connectivity index (χ3v) is 8.01. The quantitative estimate of drug-likeness (QED) is 0.457. The van der Waals surface area contributed by atoms with Crippen LogP contribution in [0.15, 0.2) is 47.4 Å². The van der Waals surface area contributed by atoms with Crippen LogP contribution >= 0.6 is 22.9 Å². The van der Waals surface area contributed by atoms with Gasteiger partial charge in [0.25, 0.3) is 5.69 Å². The molecule has 0 unspecified atom stereocenters. The van der Waals surface area contributed by atoms with Gasteiger partial charge in [-0.2, -0.15) is 4.31 Å². The highest BCUT2D eigenvalue weighted by atomic mass is 35.5. The maximum Gasteiger partial charge on any atom is 0.270 e. The van der Waals surface area contributed by atoms with Gasteiger partial charge in [-0.05, 0) is 18.2 Å². The van der Waals surface area contributed by atoms with E-state index in [9.17, 15) is 18.5 Å². The number of aromatic nitrogens is 1. The van der Waals surface area contributed by atoms with Crippen LogP contribution in [0.2, 0.25) is 5.02 Å². The van der Waals surface area contributed by atoms with E-state index in [-0.39, 0.29) is 15.6 Å². The van der Waals surface area contributed by atoms with Crippen LogP contribution in [0.3, 0.4) is 0 Å². The first-order chi connectivity index (χ1) is 13.4. The second kappa shape index (κ2) is 7.28. The highest BCUT2D eigenvalue weighted by Gasteiger charge is 2.30. The maximum atomic E-state index is 12.8. The predicted octanol–water partition coefficient (Wildman–Crippen LogP) is 3.37. The standard InChI is InChI=1S/C17H15ClN4O4S2/c18-13-3-1-2-4-16(13)28(25,26)21-9-7-20(8-10-21)17-19-14-6-5-12(22(23)24)11-15(14)27-17/h1-6,11H,7-10H2. The minimum atomic E-state index is -3.66. The van der Waals surface area contributed by atoms with Gasteiger partial charge in [-0.15, -0.1) is 0 Å². The van der Waals surface area contributed by atoms with Crippen molar-refractivity contribution in [1.82, 2.24) is 9.29 Å². The summed E-state index contributed by atoms with van der Waals surface area (Å²) < 4.78 is 27.8. The van der Waals surface area contributed by atoms with Gasteiger partial charge in [0.2, 0.25) is 10.0 Å². The summed E-state index contributed by atoms with van der Waals surface area (Å²) >= 11 is 7.42. The average Bonchev–Trinajstić information content (AvgIpc) is 3.11. The summed E-state index contributed by atoms with van der Waals surface area (Å²) in [5.74, 6) is 0. The third kappa shape index (κ3) is 3.44. The lowest BCUT2D eigenvalue weighted by Crippen LogP contribution is -2.48. The van der Waals surface area contributed by atoms with Crippen LogP contribution in [0, 0.1) is 10.1 Å². The minimum absolute atomic E-state index is 0.0263. The predicted molar refractivity (Wildman–Crippen MR) is 109 cm³/mol. The SMILES string of the molecule is O=[N+]([O-])c1ccc2nc(N3CCN(S(=O)(=O)c4ccccc4Cl)CC3)sc2c1. The van der Waals surface area contributed by atoms with Crippen molar-refractivity contribution >= 4 is 54.0 Å². The molecule has 3 aromatic rings. The van der Waals surface area contributed by atoms with Gasteiger partial charge in [0.1, 0.15) is 4.90 Å². The molecule has 0 bridgehead atoms. The fourth-order valence-electron chi connectivity index (χ4n) is 3.06. The molecule has 146 valence electrons. The van der Waals surface area contributed by atoms with Gasteiger partial charge in [0.15, 0.2) is 5.13 Å². The van der Waals surface area contributed by atoms with Crippen molar-refractivity contribution in [1.29, 1.82) is 0 Å². The van der Waals surface area contributed by atoms with Gasteiger partial charge in [-0.3, -0.25) is 10.1 Å². The van der Waals surface area contributed by atoms with E-state index in [4.69, 9.17) is 11.6 Å². The summed E-state index contributed by atoms with van der Waals surface area (Å²) in [5, 5.41) is 11.9. The molecule has 1 aromatic heterocycles. The van der Waals surface area contributed by atoms with Crippen molar-refractivity contribution in [3.63, 3.8) is 0 Å². The van der Waals surface area contributed by atoms with Crippen LogP contribution in [0.25, 0.3) is 10.2 Å². The number of benzene rings is 2. The summed E-state index contributed by atoms with van der Waals surface area (Å²) in [6, 6.07) is 11.0. The molecule has 1 saturated heterocycles. The fourth-order valence-corrected chi connectivity index (χ4v) is 6.03. The molecule has 1 fully saturated rings. The molecule has 2 aromatic carbocycles. The van der Waals surface area contributed by atoms with E-state index < -0.39 is 14.9 Å². The smallest absolute Gasteiger partial charge is 0.270 e. The van der Waals surface area contributed by atoms with Gasteiger partial charge in [0.05, 0.1) is 20.2 Å².